The highest BCUT2D eigenvalue weighted by Gasteiger charge is 2.21. The molecule has 0 aromatic heterocycles. The lowest BCUT2D eigenvalue weighted by Crippen LogP contribution is -2.33. The smallest absolute Gasteiger partial charge is 0.123 e. The molecule has 1 atom stereocenters. The van der Waals surface area contributed by atoms with Crippen LogP contribution in [0.2, 0.25) is 0 Å². The van der Waals surface area contributed by atoms with Gasteiger partial charge in [0.2, 0.25) is 0 Å². The molecule has 0 aliphatic carbocycles. The number of halogens is 1. The Balaban J connectivity index is 1.65. The molecule has 1 heterocycles. The molecule has 0 bridgehead atoms. The van der Waals surface area contributed by atoms with Crippen LogP contribution in [0.5, 0.6) is 0 Å². The Morgan fingerprint density at radius 1 is 1.05 bits per heavy atom. The number of nitrogens with zero attached hydrogens (tertiary/aromatic N) is 1. The lowest BCUT2D eigenvalue weighted by molar-refractivity contribution is 0.200. The van der Waals surface area contributed by atoms with E-state index in [9.17, 15) is 4.39 Å². The van der Waals surface area contributed by atoms with E-state index in [-0.39, 0.29) is 5.82 Å². The predicted octanol–water partition coefficient (Wildman–Crippen LogP) is 4.51. The van der Waals surface area contributed by atoms with Gasteiger partial charge in [0.25, 0.3) is 0 Å². The van der Waals surface area contributed by atoms with E-state index >= 15 is 0 Å². The fraction of sp³-hybridized carbons (Fsp3) is 0.368. The molecule has 1 aliphatic rings. The van der Waals surface area contributed by atoms with Gasteiger partial charge in [-0.2, -0.15) is 0 Å². The first-order valence-electron chi connectivity index (χ1n) is 7.74. The third-order valence-electron chi connectivity index (χ3n) is 4.37. The van der Waals surface area contributed by atoms with Crippen LogP contribution in [0.4, 0.5) is 4.39 Å². The summed E-state index contributed by atoms with van der Waals surface area (Å²) in [6.07, 6.45) is 2.42. The first kappa shape index (κ1) is 14.3. The van der Waals surface area contributed by atoms with E-state index in [0.717, 1.165) is 19.6 Å². The van der Waals surface area contributed by atoms with Crippen molar-refractivity contribution in [3.05, 3.63) is 71.0 Å². The van der Waals surface area contributed by atoms with Gasteiger partial charge >= 0.3 is 0 Å². The summed E-state index contributed by atoms with van der Waals surface area (Å²) in [4.78, 5) is 2.52. The molecule has 21 heavy (non-hydrogen) atoms. The van der Waals surface area contributed by atoms with Crippen LogP contribution in [0.15, 0.2) is 48.5 Å². The maximum Gasteiger partial charge on any atom is 0.123 e. The first-order valence-corrected chi connectivity index (χ1v) is 7.74. The minimum absolute atomic E-state index is 0.147. The molecule has 1 unspecified atom stereocenters. The molecule has 0 spiro atoms. The predicted molar refractivity (Wildman–Crippen MR) is 84.8 cm³/mol. The van der Waals surface area contributed by atoms with Gasteiger partial charge in [-0.1, -0.05) is 42.0 Å². The van der Waals surface area contributed by atoms with E-state index in [0.29, 0.717) is 5.92 Å². The molecular weight excluding hydrogens is 261 g/mol. The fourth-order valence-electron chi connectivity index (χ4n) is 3.16. The van der Waals surface area contributed by atoms with Gasteiger partial charge in [0.1, 0.15) is 5.82 Å². The van der Waals surface area contributed by atoms with Gasteiger partial charge < -0.3 is 0 Å². The maximum absolute atomic E-state index is 13.0. The molecule has 110 valence electrons. The fourth-order valence-corrected chi connectivity index (χ4v) is 3.16. The summed E-state index contributed by atoms with van der Waals surface area (Å²) in [6, 6.07) is 15.8. The quantitative estimate of drug-likeness (QED) is 0.801. The maximum atomic E-state index is 13.0. The van der Waals surface area contributed by atoms with Gasteiger partial charge in [0, 0.05) is 13.1 Å². The zero-order chi connectivity index (χ0) is 14.7. The van der Waals surface area contributed by atoms with Crippen LogP contribution >= 0.6 is 0 Å². The van der Waals surface area contributed by atoms with Gasteiger partial charge in [0.05, 0.1) is 0 Å². The Kier molecular flexibility index (Phi) is 4.35. The van der Waals surface area contributed by atoms with Crippen molar-refractivity contribution in [3.63, 3.8) is 0 Å². The van der Waals surface area contributed by atoms with Crippen molar-refractivity contribution in [3.8, 4) is 0 Å². The van der Waals surface area contributed by atoms with E-state index < -0.39 is 0 Å². The van der Waals surface area contributed by atoms with Crippen LogP contribution in [0.3, 0.4) is 0 Å². The van der Waals surface area contributed by atoms with Gasteiger partial charge in [-0.3, -0.25) is 4.90 Å². The van der Waals surface area contributed by atoms with Crippen LogP contribution < -0.4 is 0 Å². The molecule has 0 amide bonds. The lowest BCUT2D eigenvalue weighted by atomic mass is 9.90. The van der Waals surface area contributed by atoms with Crippen molar-refractivity contribution in [2.24, 2.45) is 0 Å². The minimum Gasteiger partial charge on any atom is -0.298 e. The summed E-state index contributed by atoms with van der Waals surface area (Å²) in [5.74, 6) is 0.385. The van der Waals surface area contributed by atoms with E-state index in [1.807, 2.05) is 12.1 Å². The van der Waals surface area contributed by atoms with Crippen molar-refractivity contribution < 1.29 is 4.39 Å². The Hall–Kier alpha value is -1.67. The average molecular weight is 283 g/mol. The van der Waals surface area contributed by atoms with E-state index in [1.165, 1.54) is 29.5 Å². The van der Waals surface area contributed by atoms with E-state index in [2.05, 4.69) is 36.1 Å². The van der Waals surface area contributed by atoms with Crippen LogP contribution in [0.25, 0.3) is 0 Å². The molecular formula is C19H22FN. The molecule has 3 rings (SSSR count). The summed E-state index contributed by atoms with van der Waals surface area (Å²) in [7, 11) is 0. The highest BCUT2D eigenvalue weighted by molar-refractivity contribution is 5.23. The van der Waals surface area contributed by atoms with Crippen molar-refractivity contribution >= 4 is 0 Å². The molecule has 2 heteroatoms. The van der Waals surface area contributed by atoms with Crippen LogP contribution in [-0.4, -0.2) is 18.0 Å². The number of hydrogen-bond acceptors (Lipinski definition) is 1. The molecule has 1 aliphatic heterocycles. The highest BCUT2D eigenvalue weighted by atomic mass is 19.1. The molecule has 1 saturated heterocycles. The monoisotopic (exact) mass is 283 g/mol. The molecule has 0 saturated carbocycles. The molecule has 2 aromatic rings. The average Bonchev–Trinajstić information content (AvgIpc) is 2.51. The van der Waals surface area contributed by atoms with E-state index in [4.69, 9.17) is 0 Å². The molecule has 0 radical (unpaired) electrons. The number of aryl methyl sites for hydroxylation is 1. The van der Waals surface area contributed by atoms with Gasteiger partial charge in [-0.15, -0.1) is 0 Å². The Morgan fingerprint density at radius 2 is 1.76 bits per heavy atom. The number of piperidine rings is 1. The Morgan fingerprint density at radius 3 is 2.48 bits per heavy atom. The lowest BCUT2D eigenvalue weighted by Gasteiger charge is -2.33. The minimum atomic E-state index is -0.147. The summed E-state index contributed by atoms with van der Waals surface area (Å²) in [6.45, 7) is 5.36. The van der Waals surface area contributed by atoms with Gasteiger partial charge in [-0.05, 0) is 55.5 Å². The molecule has 1 nitrogen and oxygen atoms in total. The molecule has 0 N–H and O–H groups in total. The van der Waals surface area contributed by atoms with Crippen LogP contribution in [0, 0.1) is 12.7 Å². The van der Waals surface area contributed by atoms with Crippen LogP contribution in [-0.2, 0) is 6.54 Å². The zero-order valence-electron chi connectivity index (χ0n) is 12.6. The first-order chi connectivity index (χ1) is 10.2. The number of hydrogen-bond donors (Lipinski definition) is 0. The third-order valence-corrected chi connectivity index (χ3v) is 4.37. The van der Waals surface area contributed by atoms with Crippen molar-refractivity contribution in [1.29, 1.82) is 0 Å². The Bertz CT molecular complexity index is 574. The number of likely N-dealkylation sites (tertiary alicyclic amines) is 1. The summed E-state index contributed by atoms with van der Waals surface area (Å²) >= 11 is 0. The second kappa shape index (κ2) is 6.40. The van der Waals surface area contributed by atoms with E-state index in [1.54, 1.807) is 12.1 Å². The van der Waals surface area contributed by atoms with Crippen molar-refractivity contribution in [2.45, 2.75) is 32.2 Å². The Labute approximate surface area is 126 Å². The van der Waals surface area contributed by atoms with Crippen molar-refractivity contribution in [1.82, 2.24) is 4.90 Å². The number of benzene rings is 2. The van der Waals surface area contributed by atoms with Crippen LogP contribution in [0.1, 0.15) is 35.4 Å². The normalized spacial score (nSPS) is 19.6. The third kappa shape index (κ3) is 3.70. The standard InChI is InChI=1S/C19H22FN/c1-15-4-6-16(7-5-15)13-21-12-2-3-18(14-21)17-8-10-19(20)11-9-17/h4-11,18H,2-3,12-14H2,1H3. The molecule has 2 aromatic carbocycles. The SMILES string of the molecule is Cc1ccc(CN2CCCC(c3ccc(F)cc3)C2)cc1. The zero-order valence-corrected chi connectivity index (χ0v) is 12.6. The van der Waals surface area contributed by atoms with Gasteiger partial charge in [0.15, 0.2) is 0 Å². The number of rotatable bonds is 3. The summed E-state index contributed by atoms with van der Waals surface area (Å²) in [5, 5.41) is 0. The topological polar surface area (TPSA) is 3.24 Å². The summed E-state index contributed by atoms with van der Waals surface area (Å²) in [5.41, 5.74) is 3.95. The second-order valence-electron chi connectivity index (χ2n) is 6.11. The largest absolute Gasteiger partial charge is 0.298 e. The highest BCUT2D eigenvalue weighted by Crippen LogP contribution is 2.27. The van der Waals surface area contributed by atoms with Gasteiger partial charge in [-0.25, -0.2) is 4.39 Å². The second-order valence-corrected chi connectivity index (χ2v) is 6.11. The van der Waals surface area contributed by atoms with Crippen molar-refractivity contribution in [2.75, 3.05) is 13.1 Å². The molecule has 1 fully saturated rings. The summed E-state index contributed by atoms with van der Waals surface area (Å²) < 4.78 is 13.0.